The third kappa shape index (κ3) is 3.66. The Morgan fingerprint density at radius 2 is 1.71 bits per heavy atom. The molecule has 0 aliphatic carbocycles. The molecule has 0 spiro atoms. The molecule has 110 valence electrons. The molecule has 0 aliphatic rings. The summed E-state index contributed by atoms with van der Waals surface area (Å²) in [6, 6.07) is 12.7. The van der Waals surface area contributed by atoms with Crippen molar-refractivity contribution in [2.45, 2.75) is 26.4 Å². The van der Waals surface area contributed by atoms with Crippen LogP contribution < -0.4 is 0 Å². The monoisotopic (exact) mass is 289 g/mol. The Kier molecular flexibility index (Phi) is 4.68. The van der Waals surface area contributed by atoms with Crippen molar-refractivity contribution in [2.75, 3.05) is 0 Å². The first-order valence-electron chi connectivity index (χ1n) is 6.79. The normalized spacial score (nSPS) is 10.7. The Balaban J connectivity index is 2.25. The van der Waals surface area contributed by atoms with E-state index in [-0.39, 0.29) is 17.5 Å². The molecule has 0 saturated heterocycles. The molecule has 2 aromatic rings. The second kappa shape index (κ2) is 6.48. The summed E-state index contributed by atoms with van der Waals surface area (Å²) < 4.78 is 26.3. The minimum Gasteiger partial charge on any atom is -0.332 e. The minimum atomic E-state index is -1.01. The van der Waals surface area contributed by atoms with Crippen molar-refractivity contribution in [3.8, 4) is 0 Å². The van der Waals surface area contributed by atoms with E-state index in [1.807, 2.05) is 44.2 Å². The molecule has 0 bridgehead atoms. The summed E-state index contributed by atoms with van der Waals surface area (Å²) in [5, 5.41) is 0. The van der Waals surface area contributed by atoms with Gasteiger partial charge in [-0.25, -0.2) is 8.78 Å². The van der Waals surface area contributed by atoms with Crippen LogP contribution in [0.1, 0.15) is 29.8 Å². The van der Waals surface area contributed by atoms with E-state index >= 15 is 0 Å². The van der Waals surface area contributed by atoms with Gasteiger partial charge >= 0.3 is 0 Å². The van der Waals surface area contributed by atoms with E-state index in [1.54, 1.807) is 4.90 Å². The summed E-state index contributed by atoms with van der Waals surface area (Å²) in [7, 11) is 0. The van der Waals surface area contributed by atoms with Crippen molar-refractivity contribution in [1.82, 2.24) is 4.90 Å². The van der Waals surface area contributed by atoms with Crippen LogP contribution in [0.15, 0.2) is 48.5 Å². The molecule has 0 saturated carbocycles. The van der Waals surface area contributed by atoms with Crippen molar-refractivity contribution < 1.29 is 13.6 Å². The maximum Gasteiger partial charge on any atom is 0.254 e. The first kappa shape index (κ1) is 15.2. The molecule has 0 aliphatic heterocycles. The number of hydrogen-bond acceptors (Lipinski definition) is 1. The van der Waals surface area contributed by atoms with Crippen LogP contribution in [0.3, 0.4) is 0 Å². The van der Waals surface area contributed by atoms with E-state index < -0.39 is 11.6 Å². The van der Waals surface area contributed by atoms with Gasteiger partial charge in [0, 0.05) is 18.2 Å². The van der Waals surface area contributed by atoms with Crippen LogP contribution in [0.25, 0.3) is 0 Å². The van der Waals surface area contributed by atoms with Crippen molar-refractivity contribution in [3.05, 3.63) is 71.3 Å². The number of carbonyl (C=O) groups excluding carboxylic acids is 1. The molecule has 0 radical (unpaired) electrons. The molecule has 0 heterocycles. The standard InChI is InChI=1S/C17H17F2NO/c1-12(2)20(11-13-6-4-3-5-7-13)17(21)14-8-9-15(18)16(19)10-14/h3-10,12H,11H2,1-2H3. The maximum absolute atomic E-state index is 13.3. The topological polar surface area (TPSA) is 20.3 Å². The van der Waals surface area contributed by atoms with E-state index in [1.165, 1.54) is 6.07 Å². The molecule has 21 heavy (non-hydrogen) atoms. The number of benzene rings is 2. The van der Waals surface area contributed by atoms with Crippen molar-refractivity contribution in [2.24, 2.45) is 0 Å². The van der Waals surface area contributed by atoms with Crippen LogP contribution in [0.4, 0.5) is 8.78 Å². The van der Waals surface area contributed by atoms with Gasteiger partial charge < -0.3 is 4.90 Å². The van der Waals surface area contributed by atoms with Crippen molar-refractivity contribution in [3.63, 3.8) is 0 Å². The van der Waals surface area contributed by atoms with E-state index in [0.717, 1.165) is 17.7 Å². The van der Waals surface area contributed by atoms with Crippen LogP contribution >= 0.6 is 0 Å². The van der Waals surface area contributed by atoms with Gasteiger partial charge in [-0.05, 0) is 37.6 Å². The highest BCUT2D eigenvalue weighted by Crippen LogP contribution is 2.15. The van der Waals surface area contributed by atoms with E-state index in [4.69, 9.17) is 0 Å². The maximum atomic E-state index is 13.3. The molecular formula is C17H17F2NO. The summed E-state index contributed by atoms with van der Waals surface area (Å²) >= 11 is 0. The van der Waals surface area contributed by atoms with Crippen LogP contribution in [-0.2, 0) is 6.54 Å². The zero-order chi connectivity index (χ0) is 15.4. The summed E-state index contributed by atoms with van der Waals surface area (Å²) in [4.78, 5) is 14.1. The Labute approximate surface area is 123 Å². The molecule has 2 rings (SSSR count). The number of rotatable bonds is 4. The molecule has 0 unspecified atom stereocenters. The Bertz CT molecular complexity index is 626. The van der Waals surface area contributed by atoms with Crippen LogP contribution in [0, 0.1) is 11.6 Å². The van der Waals surface area contributed by atoms with Gasteiger partial charge in [-0.1, -0.05) is 30.3 Å². The zero-order valence-corrected chi connectivity index (χ0v) is 12.0. The summed E-state index contributed by atoms with van der Waals surface area (Å²) in [6.45, 7) is 4.21. The highest BCUT2D eigenvalue weighted by Gasteiger charge is 2.20. The van der Waals surface area contributed by atoms with Gasteiger partial charge in [-0.15, -0.1) is 0 Å². The molecule has 4 heteroatoms. The van der Waals surface area contributed by atoms with Crippen molar-refractivity contribution in [1.29, 1.82) is 0 Å². The van der Waals surface area contributed by atoms with Crippen LogP contribution in [-0.4, -0.2) is 16.8 Å². The van der Waals surface area contributed by atoms with E-state index in [0.29, 0.717) is 6.54 Å². The summed E-state index contributed by atoms with van der Waals surface area (Å²) in [5.41, 5.74) is 1.14. The predicted octanol–water partition coefficient (Wildman–Crippen LogP) is 4.02. The molecular weight excluding hydrogens is 272 g/mol. The van der Waals surface area contributed by atoms with Gasteiger partial charge in [-0.3, -0.25) is 4.79 Å². The third-order valence-corrected chi connectivity index (χ3v) is 3.25. The fourth-order valence-corrected chi connectivity index (χ4v) is 2.06. The average Bonchev–Trinajstić information content (AvgIpc) is 2.47. The fourth-order valence-electron chi connectivity index (χ4n) is 2.06. The summed E-state index contributed by atoms with van der Waals surface area (Å²) in [6.07, 6.45) is 0. The number of hydrogen-bond donors (Lipinski definition) is 0. The number of nitrogens with zero attached hydrogens (tertiary/aromatic N) is 1. The molecule has 0 aromatic heterocycles. The van der Waals surface area contributed by atoms with Gasteiger partial charge in [0.25, 0.3) is 5.91 Å². The SMILES string of the molecule is CC(C)N(Cc1ccccc1)C(=O)c1ccc(F)c(F)c1. The van der Waals surface area contributed by atoms with Gasteiger partial charge in [0.05, 0.1) is 0 Å². The summed E-state index contributed by atoms with van der Waals surface area (Å²) in [5.74, 6) is -2.28. The van der Waals surface area contributed by atoms with E-state index in [9.17, 15) is 13.6 Å². The number of amides is 1. The first-order chi connectivity index (χ1) is 9.99. The zero-order valence-electron chi connectivity index (χ0n) is 12.0. The van der Waals surface area contributed by atoms with Crippen LogP contribution in [0.5, 0.6) is 0 Å². The van der Waals surface area contributed by atoms with Gasteiger partial charge in [-0.2, -0.15) is 0 Å². The minimum absolute atomic E-state index is 0.0502. The predicted molar refractivity (Wildman–Crippen MR) is 77.8 cm³/mol. The molecule has 2 aromatic carbocycles. The quantitative estimate of drug-likeness (QED) is 0.832. The lowest BCUT2D eigenvalue weighted by Gasteiger charge is -2.27. The second-order valence-electron chi connectivity index (χ2n) is 5.14. The smallest absolute Gasteiger partial charge is 0.254 e. The van der Waals surface area contributed by atoms with Gasteiger partial charge in [0.15, 0.2) is 11.6 Å². The Morgan fingerprint density at radius 3 is 2.29 bits per heavy atom. The lowest BCUT2D eigenvalue weighted by Crippen LogP contribution is -2.36. The number of carbonyl (C=O) groups is 1. The van der Waals surface area contributed by atoms with E-state index in [2.05, 4.69) is 0 Å². The van der Waals surface area contributed by atoms with Gasteiger partial charge in [0.1, 0.15) is 0 Å². The molecule has 0 fully saturated rings. The van der Waals surface area contributed by atoms with Crippen molar-refractivity contribution >= 4 is 5.91 Å². The highest BCUT2D eigenvalue weighted by molar-refractivity contribution is 5.94. The average molecular weight is 289 g/mol. The molecule has 2 nitrogen and oxygen atoms in total. The van der Waals surface area contributed by atoms with Gasteiger partial charge in [0.2, 0.25) is 0 Å². The lowest BCUT2D eigenvalue weighted by atomic mass is 10.1. The second-order valence-corrected chi connectivity index (χ2v) is 5.14. The highest BCUT2D eigenvalue weighted by atomic mass is 19.2. The largest absolute Gasteiger partial charge is 0.332 e. The Morgan fingerprint density at radius 1 is 1.05 bits per heavy atom. The first-order valence-corrected chi connectivity index (χ1v) is 6.79. The molecule has 1 amide bonds. The Hall–Kier alpha value is -2.23. The fraction of sp³-hybridized carbons (Fsp3) is 0.235. The number of halogens is 2. The molecule has 0 N–H and O–H groups in total. The third-order valence-electron chi connectivity index (χ3n) is 3.25. The lowest BCUT2D eigenvalue weighted by molar-refractivity contribution is 0.0689. The molecule has 0 atom stereocenters. The van der Waals surface area contributed by atoms with Crippen LogP contribution in [0.2, 0.25) is 0 Å².